The van der Waals surface area contributed by atoms with Crippen LogP contribution in [0.2, 0.25) is 0 Å². The average Bonchev–Trinajstić information content (AvgIpc) is 3.76. The van der Waals surface area contributed by atoms with Gasteiger partial charge >= 0.3 is 5.97 Å². The molecule has 4 heterocycles. The van der Waals surface area contributed by atoms with Gasteiger partial charge in [0.05, 0.1) is 5.69 Å². The van der Waals surface area contributed by atoms with Crippen LogP contribution < -0.4 is 20.9 Å². The predicted molar refractivity (Wildman–Crippen MR) is 225 cm³/mol. The maximum absolute atomic E-state index is 15.0. The molecule has 2 aromatic carbocycles. The highest BCUT2D eigenvalue weighted by Crippen LogP contribution is 2.27. The van der Waals surface area contributed by atoms with Crippen molar-refractivity contribution in [3.05, 3.63) is 95.8 Å². The number of hydrogen-bond donors (Lipinski definition) is 3. The molecule has 3 fully saturated rings. The largest absolute Gasteiger partial charge is 0.459 e. The lowest BCUT2D eigenvalue weighted by atomic mass is 9.95. The molecule has 3 aliphatic rings. The molecule has 0 radical (unpaired) electrons. The third kappa shape index (κ3) is 10.4. The summed E-state index contributed by atoms with van der Waals surface area (Å²) in [6.07, 6.45) is 1.27. The van der Waals surface area contributed by atoms with Crippen molar-refractivity contribution in [3.63, 3.8) is 0 Å². The fourth-order valence-electron chi connectivity index (χ4n) is 8.21. The Bertz CT molecular complexity index is 2070. The van der Waals surface area contributed by atoms with E-state index in [9.17, 15) is 33.6 Å². The molecule has 0 saturated carbocycles. The number of piperidine rings is 1. The number of ketones is 1. The third-order valence-electron chi connectivity index (χ3n) is 11.8. The summed E-state index contributed by atoms with van der Waals surface area (Å²) >= 11 is 0. The first kappa shape index (κ1) is 44.4. The average molecular weight is 837 g/mol. The Morgan fingerprint density at radius 2 is 1.52 bits per heavy atom. The lowest BCUT2D eigenvalue weighted by Crippen LogP contribution is -2.61. The molecule has 16 heteroatoms. The minimum Gasteiger partial charge on any atom is -0.459 e. The quantitative estimate of drug-likeness (QED) is 0.281. The number of anilines is 1. The first-order valence-corrected chi connectivity index (χ1v) is 20.9. The van der Waals surface area contributed by atoms with E-state index in [2.05, 4.69) is 20.9 Å². The fourth-order valence-corrected chi connectivity index (χ4v) is 8.21. The van der Waals surface area contributed by atoms with Crippen molar-refractivity contribution in [3.8, 4) is 0 Å². The molecule has 7 atom stereocenters. The van der Waals surface area contributed by atoms with Crippen molar-refractivity contribution in [2.75, 3.05) is 39.1 Å². The van der Waals surface area contributed by atoms with Crippen LogP contribution in [0.1, 0.15) is 68.8 Å². The van der Waals surface area contributed by atoms with Gasteiger partial charge in [0, 0.05) is 71.9 Å². The zero-order chi connectivity index (χ0) is 43.8. The smallest absolute Gasteiger partial charge is 0.333 e. The van der Waals surface area contributed by atoms with Crippen LogP contribution in [0.4, 0.5) is 5.69 Å². The second-order valence-corrected chi connectivity index (χ2v) is 16.1. The van der Waals surface area contributed by atoms with Crippen molar-refractivity contribution >= 4 is 47.0 Å². The molecular formula is C45H56N8O8. The number of Topliss-reactive ketones (excluding diaryl/α,β-unsaturated/α-hetero) is 1. The Kier molecular flexibility index (Phi) is 14.5. The zero-order valence-corrected chi connectivity index (χ0v) is 35.4. The highest BCUT2D eigenvalue weighted by Gasteiger charge is 2.45. The van der Waals surface area contributed by atoms with E-state index in [0.717, 1.165) is 11.3 Å². The number of nitrogens with zero attached hydrogens (tertiary/aromatic N) is 5. The number of cyclic esters (lactones) is 1. The van der Waals surface area contributed by atoms with Crippen LogP contribution in [0.3, 0.4) is 0 Å². The van der Waals surface area contributed by atoms with Crippen LogP contribution in [0.5, 0.6) is 0 Å². The number of benzene rings is 2. The van der Waals surface area contributed by atoms with Gasteiger partial charge in [-0.1, -0.05) is 55.5 Å². The fraction of sp³-hybridized carbons (Fsp3) is 0.467. The monoisotopic (exact) mass is 836 g/mol. The number of esters is 1. The zero-order valence-electron chi connectivity index (χ0n) is 35.4. The lowest BCUT2D eigenvalue weighted by molar-refractivity contribution is -0.157. The van der Waals surface area contributed by atoms with Gasteiger partial charge in [0.15, 0.2) is 6.04 Å². The van der Waals surface area contributed by atoms with E-state index < -0.39 is 77.9 Å². The summed E-state index contributed by atoms with van der Waals surface area (Å²) in [4.78, 5) is 110. The van der Waals surface area contributed by atoms with Gasteiger partial charge in [0.25, 0.3) is 0 Å². The second-order valence-electron chi connectivity index (χ2n) is 16.1. The Labute approximate surface area is 356 Å². The second kappa shape index (κ2) is 19.9. The van der Waals surface area contributed by atoms with E-state index in [1.807, 2.05) is 43.3 Å². The number of fused-ring (bicyclic) bond motifs is 2. The molecule has 3 N–H and O–H groups in total. The van der Waals surface area contributed by atoms with Gasteiger partial charge in [0.2, 0.25) is 29.5 Å². The minimum absolute atomic E-state index is 0.00364. The van der Waals surface area contributed by atoms with Gasteiger partial charge < -0.3 is 35.0 Å². The number of pyridine rings is 1. The number of ether oxygens (including phenoxy) is 1. The van der Waals surface area contributed by atoms with E-state index in [4.69, 9.17) is 4.74 Å². The number of carbonyl (C=O) groups excluding carboxylic acids is 7. The molecule has 324 valence electrons. The summed E-state index contributed by atoms with van der Waals surface area (Å²) in [6.45, 7) is 3.56. The van der Waals surface area contributed by atoms with E-state index in [-0.39, 0.29) is 51.1 Å². The molecule has 0 spiro atoms. The highest BCUT2D eigenvalue weighted by atomic mass is 16.5. The molecule has 3 aliphatic heterocycles. The summed E-state index contributed by atoms with van der Waals surface area (Å²) in [7, 11) is 5.34. The number of nitrogens with one attached hydrogen (secondary N) is 3. The minimum atomic E-state index is -1.40. The summed E-state index contributed by atoms with van der Waals surface area (Å²) in [5.74, 6) is -4.00. The van der Waals surface area contributed by atoms with Crippen LogP contribution in [0, 0.1) is 0 Å². The SMILES string of the molecule is CC[C@H]1NC(=O)[C@@H](NCc2ccccn2)[C@@H](C)OC(=O)[C@H](c2ccccc2)NC(=O)[C@@H]2CC(=O)CCN2C(=O)[C@H](Cc2ccc(N(C)C)cc2)N(C)C(=O)[C@@H]2CCCN2C1=O. The molecule has 0 aliphatic carbocycles. The summed E-state index contributed by atoms with van der Waals surface area (Å²) in [5.41, 5.74) is 2.65. The highest BCUT2D eigenvalue weighted by molar-refractivity contribution is 5.99. The van der Waals surface area contributed by atoms with Gasteiger partial charge in [-0.05, 0) is 61.6 Å². The molecule has 5 amide bonds. The molecule has 3 saturated heterocycles. The van der Waals surface area contributed by atoms with Crippen molar-refractivity contribution in [2.24, 2.45) is 0 Å². The standard InChI is InChI=1S/C45H56N8O8/c1-6-34-42(57)52-23-12-16-35(52)43(58)51(5)37(25-29-17-19-32(20-18-29)50(3)4)44(59)53-24-21-33(54)26-36(53)40(55)49-39(30-13-8-7-9-14-30)45(60)61-28(2)38(41(56)48-34)47-27-31-15-10-11-22-46-31/h7-11,13-15,17-20,22,28,34-39,47H,6,12,16,21,23-27H2,1-5H3,(H,48,56)(H,49,55)/t28-,34-,35+,36+,37+,38+,39+/m1/s1. The summed E-state index contributed by atoms with van der Waals surface area (Å²) in [6, 6.07) is 14.2. The molecule has 61 heavy (non-hydrogen) atoms. The lowest BCUT2D eigenvalue weighted by Gasteiger charge is -2.40. The number of aromatic nitrogens is 1. The first-order valence-electron chi connectivity index (χ1n) is 20.9. The maximum atomic E-state index is 15.0. The maximum Gasteiger partial charge on any atom is 0.333 e. The van der Waals surface area contributed by atoms with Crippen molar-refractivity contribution in [1.29, 1.82) is 0 Å². The predicted octanol–water partition coefficient (Wildman–Crippen LogP) is 1.92. The summed E-state index contributed by atoms with van der Waals surface area (Å²) in [5, 5.41) is 8.76. The van der Waals surface area contributed by atoms with Crippen LogP contribution in [0.15, 0.2) is 79.0 Å². The van der Waals surface area contributed by atoms with Gasteiger partial charge in [-0.15, -0.1) is 0 Å². The van der Waals surface area contributed by atoms with Crippen molar-refractivity contribution in [1.82, 2.24) is 35.6 Å². The van der Waals surface area contributed by atoms with Gasteiger partial charge in [-0.3, -0.25) is 39.1 Å². The molecule has 0 unspecified atom stereocenters. The topological polar surface area (TPSA) is 191 Å². The van der Waals surface area contributed by atoms with Crippen LogP contribution in [-0.4, -0.2) is 132 Å². The van der Waals surface area contributed by atoms with Crippen LogP contribution in [0.25, 0.3) is 0 Å². The van der Waals surface area contributed by atoms with Gasteiger partial charge in [-0.25, -0.2) is 4.79 Å². The third-order valence-corrected chi connectivity index (χ3v) is 11.8. The summed E-state index contributed by atoms with van der Waals surface area (Å²) < 4.78 is 5.99. The molecule has 16 nitrogen and oxygen atoms in total. The Hall–Kier alpha value is -6.16. The Morgan fingerprint density at radius 3 is 2.20 bits per heavy atom. The Morgan fingerprint density at radius 1 is 0.820 bits per heavy atom. The molecule has 6 rings (SSSR count). The number of amides is 5. The van der Waals surface area contributed by atoms with Crippen molar-refractivity contribution < 1.29 is 38.3 Å². The number of likely N-dealkylation sites (N-methyl/N-ethyl adjacent to an activating group) is 1. The molecular weight excluding hydrogens is 781 g/mol. The first-order chi connectivity index (χ1) is 29.3. The van der Waals surface area contributed by atoms with Gasteiger partial charge in [-0.2, -0.15) is 0 Å². The number of carbonyl (C=O) groups is 7. The van der Waals surface area contributed by atoms with E-state index in [1.54, 1.807) is 61.7 Å². The Balaban J connectivity index is 1.42. The van der Waals surface area contributed by atoms with Crippen molar-refractivity contribution in [2.45, 2.75) is 101 Å². The number of rotatable bonds is 8. The van der Waals surface area contributed by atoms with E-state index >= 15 is 0 Å². The van der Waals surface area contributed by atoms with Crippen LogP contribution >= 0.6 is 0 Å². The van der Waals surface area contributed by atoms with E-state index in [1.165, 1.54) is 28.7 Å². The normalized spacial score (nSPS) is 26.0. The van der Waals surface area contributed by atoms with Crippen LogP contribution in [-0.2, 0) is 51.3 Å². The number of hydrogen-bond acceptors (Lipinski definition) is 11. The molecule has 1 aromatic heterocycles. The van der Waals surface area contributed by atoms with E-state index in [0.29, 0.717) is 24.1 Å². The molecule has 3 aromatic rings. The molecule has 0 bridgehead atoms. The van der Waals surface area contributed by atoms with Gasteiger partial charge in [0.1, 0.15) is 42.1 Å².